The number of aryl methyl sites for hydroxylation is 2. The number of hydrogen-bond donors (Lipinski definition) is 1. The Balaban J connectivity index is 1.91. The number of hydrogen-bond acceptors (Lipinski definition) is 4. The third kappa shape index (κ3) is 4.45. The van der Waals surface area contributed by atoms with Gasteiger partial charge < -0.3 is 10.1 Å². The van der Waals surface area contributed by atoms with Crippen molar-refractivity contribution in [2.75, 3.05) is 13.2 Å². The topological polar surface area (TPSA) is 81.5 Å². The Hall–Kier alpha value is -2.60. The molecule has 0 unspecified atom stereocenters. The van der Waals surface area contributed by atoms with Gasteiger partial charge in [0.15, 0.2) is 0 Å². The number of nitro groups is 1. The number of amides is 1. The van der Waals surface area contributed by atoms with Crippen LogP contribution >= 0.6 is 11.6 Å². The number of nitrogens with one attached hydrogen (secondary N) is 1. The Morgan fingerprint density at radius 2 is 2.00 bits per heavy atom. The maximum atomic E-state index is 12.0. The molecular weight excluding hydrogens is 332 g/mol. The summed E-state index contributed by atoms with van der Waals surface area (Å²) in [5.74, 6) is 0.353. The van der Waals surface area contributed by atoms with Crippen LogP contribution in [0, 0.1) is 24.0 Å². The minimum atomic E-state index is -0.622. The van der Waals surface area contributed by atoms with Crippen molar-refractivity contribution in [3.05, 3.63) is 68.2 Å². The van der Waals surface area contributed by atoms with Gasteiger partial charge in [-0.3, -0.25) is 14.9 Å². The Morgan fingerprint density at radius 3 is 2.71 bits per heavy atom. The lowest BCUT2D eigenvalue weighted by atomic mass is 10.1. The molecule has 0 bridgehead atoms. The number of rotatable bonds is 6. The molecule has 1 N–H and O–H groups in total. The second-order valence-corrected chi connectivity index (χ2v) is 5.70. The molecule has 0 saturated carbocycles. The molecule has 0 aromatic heterocycles. The van der Waals surface area contributed by atoms with Crippen LogP contribution in [0.1, 0.15) is 21.5 Å². The number of benzene rings is 2. The van der Waals surface area contributed by atoms with Gasteiger partial charge in [0.1, 0.15) is 17.4 Å². The van der Waals surface area contributed by atoms with Gasteiger partial charge in [0, 0.05) is 11.6 Å². The van der Waals surface area contributed by atoms with Gasteiger partial charge in [-0.2, -0.15) is 0 Å². The Kier molecular flexibility index (Phi) is 5.76. The van der Waals surface area contributed by atoms with Gasteiger partial charge in [-0.25, -0.2) is 0 Å². The highest BCUT2D eigenvalue weighted by molar-refractivity contribution is 6.32. The number of ether oxygens (including phenoxy) is 1. The van der Waals surface area contributed by atoms with Crippen LogP contribution in [0.5, 0.6) is 5.75 Å². The molecule has 7 heteroatoms. The SMILES string of the molecule is Cc1ccc(C)c(OCCNC(=O)c2ccc(Cl)c([N+](=O)[O-])c2)c1. The summed E-state index contributed by atoms with van der Waals surface area (Å²) in [5.41, 5.74) is 1.99. The molecule has 0 radical (unpaired) electrons. The molecule has 24 heavy (non-hydrogen) atoms. The number of halogens is 1. The van der Waals surface area contributed by atoms with Gasteiger partial charge in [-0.15, -0.1) is 0 Å². The van der Waals surface area contributed by atoms with Crippen molar-refractivity contribution in [1.82, 2.24) is 5.32 Å². The lowest BCUT2D eigenvalue weighted by molar-refractivity contribution is -0.384. The van der Waals surface area contributed by atoms with Gasteiger partial charge in [0.25, 0.3) is 11.6 Å². The van der Waals surface area contributed by atoms with Crippen LogP contribution in [0.3, 0.4) is 0 Å². The number of nitrogens with zero attached hydrogens (tertiary/aromatic N) is 1. The van der Waals surface area contributed by atoms with E-state index in [1.165, 1.54) is 12.1 Å². The lowest BCUT2D eigenvalue weighted by Crippen LogP contribution is -2.28. The summed E-state index contributed by atoms with van der Waals surface area (Å²) in [6.45, 7) is 4.50. The quantitative estimate of drug-likeness (QED) is 0.490. The third-order valence-electron chi connectivity index (χ3n) is 3.39. The molecule has 1 amide bonds. The largest absolute Gasteiger partial charge is 0.491 e. The molecule has 2 aromatic carbocycles. The molecule has 0 saturated heterocycles. The summed E-state index contributed by atoms with van der Waals surface area (Å²) < 4.78 is 5.64. The first kappa shape index (κ1) is 17.7. The van der Waals surface area contributed by atoms with E-state index in [1.54, 1.807) is 0 Å². The average molecular weight is 349 g/mol. The highest BCUT2D eigenvalue weighted by Crippen LogP contribution is 2.25. The van der Waals surface area contributed by atoms with Crippen molar-refractivity contribution in [2.45, 2.75) is 13.8 Å². The van der Waals surface area contributed by atoms with E-state index in [-0.39, 0.29) is 22.8 Å². The molecule has 0 aliphatic rings. The van der Waals surface area contributed by atoms with Crippen LogP contribution in [-0.2, 0) is 0 Å². The molecule has 0 spiro atoms. The van der Waals surface area contributed by atoms with Crippen molar-refractivity contribution < 1.29 is 14.5 Å². The fourth-order valence-corrected chi connectivity index (χ4v) is 2.27. The third-order valence-corrected chi connectivity index (χ3v) is 3.71. The summed E-state index contributed by atoms with van der Waals surface area (Å²) in [5, 5.41) is 13.5. The van der Waals surface area contributed by atoms with E-state index in [9.17, 15) is 14.9 Å². The Labute approximate surface area is 144 Å². The van der Waals surface area contributed by atoms with E-state index in [0.717, 1.165) is 22.9 Å². The first-order valence-electron chi connectivity index (χ1n) is 7.30. The van der Waals surface area contributed by atoms with E-state index in [0.29, 0.717) is 6.61 Å². The number of carbonyl (C=O) groups is 1. The molecule has 126 valence electrons. The molecule has 0 fully saturated rings. The number of nitro benzene ring substituents is 1. The Bertz CT molecular complexity index is 777. The van der Waals surface area contributed by atoms with Crippen LogP contribution in [-0.4, -0.2) is 24.0 Å². The Morgan fingerprint density at radius 1 is 1.25 bits per heavy atom. The van der Waals surface area contributed by atoms with Crippen LogP contribution in [0.4, 0.5) is 5.69 Å². The minimum Gasteiger partial charge on any atom is -0.491 e. The molecule has 0 heterocycles. The summed E-state index contributed by atoms with van der Waals surface area (Å²) in [4.78, 5) is 22.3. The lowest BCUT2D eigenvalue weighted by Gasteiger charge is -2.11. The zero-order chi connectivity index (χ0) is 17.7. The van der Waals surface area contributed by atoms with Crippen LogP contribution in [0.2, 0.25) is 5.02 Å². The molecule has 0 atom stereocenters. The summed E-state index contributed by atoms with van der Waals surface area (Å²) in [6, 6.07) is 9.83. The molecule has 2 aromatic rings. The zero-order valence-corrected chi connectivity index (χ0v) is 14.1. The van der Waals surface area contributed by atoms with Crippen molar-refractivity contribution in [1.29, 1.82) is 0 Å². The van der Waals surface area contributed by atoms with E-state index in [4.69, 9.17) is 16.3 Å². The van der Waals surface area contributed by atoms with Gasteiger partial charge in [0.2, 0.25) is 0 Å². The predicted octanol–water partition coefficient (Wildman–Crippen LogP) is 3.67. The van der Waals surface area contributed by atoms with E-state index in [2.05, 4.69) is 5.32 Å². The smallest absolute Gasteiger partial charge is 0.288 e. The highest BCUT2D eigenvalue weighted by atomic mass is 35.5. The first-order chi connectivity index (χ1) is 11.4. The van der Waals surface area contributed by atoms with E-state index in [1.807, 2.05) is 32.0 Å². The number of carbonyl (C=O) groups excluding carboxylic acids is 1. The second-order valence-electron chi connectivity index (χ2n) is 5.30. The van der Waals surface area contributed by atoms with Crippen LogP contribution in [0.15, 0.2) is 36.4 Å². The van der Waals surface area contributed by atoms with E-state index >= 15 is 0 Å². The standard InChI is InChI=1S/C17H17ClN2O4/c1-11-3-4-12(2)16(9-11)24-8-7-19-17(21)13-5-6-14(18)15(10-13)20(22)23/h3-6,9-10H,7-8H2,1-2H3,(H,19,21). The minimum absolute atomic E-state index is 0.00481. The highest BCUT2D eigenvalue weighted by Gasteiger charge is 2.16. The fourth-order valence-electron chi connectivity index (χ4n) is 2.08. The van der Waals surface area contributed by atoms with Gasteiger partial charge in [-0.1, -0.05) is 23.7 Å². The zero-order valence-electron chi connectivity index (χ0n) is 13.3. The van der Waals surface area contributed by atoms with Crippen LogP contribution < -0.4 is 10.1 Å². The molecular formula is C17H17ClN2O4. The summed E-state index contributed by atoms with van der Waals surface area (Å²) >= 11 is 5.72. The molecule has 2 rings (SSSR count). The van der Waals surface area contributed by atoms with Gasteiger partial charge in [0.05, 0.1) is 11.5 Å². The normalized spacial score (nSPS) is 10.3. The van der Waals surface area contributed by atoms with Crippen molar-refractivity contribution in [3.8, 4) is 5.75 Å². The van der Waals surface area contributed by atoms with E-state index < -0.39 is 10.8 Å². The maximum Gasteiger partial charge on any atom is 0.288 e. The predicted molar refractivity (Wildman–Crippen MR) is 91.9 cm³/mol. The van der Waals surface area contributed by atoms with Crippen LogP contribution in [0.25, 0.3) is 0 Å². The summed E-state index contributed by atoms with van der Waals surface area (Å²) in [7, 11) is 0. The average Bonchev–Trinajstić information content (AvgIpc) is 2.54. The van der Waals surface area contributed by atoms with Gasteiger partial charge >= 0.3 is 0 Å². The molecule has 0 aliphatic carbocycles. The summed E-state index contributed by atoms with van der Waals surface area (Å²) in [6.07, 6.45) is 0. The van der Waals surface area contributed by atoms with Gasteiger partial charge in [-0.05, 0) is 43.2 Å². The molecule has 0 aliphatic heterocycles. The fraction of sp³-hybridized carbons (Fsp3) is 0.235. The second kappa shape index (κ2) is 7.79. The van der Waals surface area contributed by atoms with Crippen molar-refractivity contribution in [2.24, 2.45) is 0 Å². The maximum absolute atomic E-state index is 12.0. The molecule has 6 nitrogen and oxygen atoms in total. The monoisotopic (exact) mass is 348 g/mol. The van der Waals surface area contributed by atoms with Crippen molar-refractivity contribution in [3.63, 3.8) is 0 Å². The van der Waals surface area contributed by atoms with Crippen molar-refractivity contribution >= 4 is 23.2 Å². The first-order valence-corrected chi connectivity index (χ1v) is 7.68.